The van der Waals surface area contributed by atoms with Crippen LogP contribution in [0.25, 0.3) is 11.8 Å². The number of aryl methyl sites for hydroxylation is 1. The first-order valence-corrected chi connectivity index (χ1v) is 14.8. The molecule has 8 heteroatoms. The molecule has 0 saturated heterocycles. The van der Waals surface area contributed by atoms with Crippen LogP contribution >= 0.6 is 0 Å². The van der Waals surface area contributed by atoms with Gasteiger partial charge in [0.1, 0.15) is 18.7 Å². The zero-order valence-electron chi connectivity index (χ0n) is 24.7. The Morgan fingerprint density at radius 3 is 2.41 bits per heavy atom. The van der Waals surface area contributed by atoms with Gasteiger partial charge in [-0.2, -0.15) is 5.10 Å². The standard InChI is InChI=1S/C36H34N6O2/c1-27-11-14-32(38-22-27)15-18-35(43)41(23-29-12-16-33(17-13-29)42-26-37-25-39-42)34(21-28-7-3-2-4-8-28)36(44)40-20-19-30-9-5-6-10-31(30)24-40/h2-18,22,25-26,34H,19-21,23-24H2,1H3. The van der Waals surface area contributed by atoms with Gasteiger partial charge in [-0.25, -0.2) is 9.67 Å². The van der Waals surface area contributed by atoms with Gasteiger partial charge in [0.25, 0.3) is 0 Å². The Morgan fingerprint density at radius 1 is 0.909 bits per heavy atom. The Labute approximate surface area is 257 Å². The van der Waals surface area contributed by atoms with Crippen LogP contribution in [0, 0.1) is 6.92 Å². The maximum Gasteiger partial charge on any atom is 0.247 e. The van der Waals surface area contributed by atoms with Crippen molar-refractivity contribution in [3.63, 3.8) is 0 Å². The molecule has 220 valence electrons. The summed E-state index contributed by atoms with van der Waals surface area (Å²) in [7, 11) is 0. The molecule has 0 radical (unpaired) electrons. The molecule has 0 spiro atoms. The largest absolute Gasteiger partial charge is 0.336 e. The van der Waals surface area contributed by atoms with Gasteiger partial charge >= 0.3 is 0 Å². The zero-order valence-corrected chi connectivity index (χ0v) is 24.7. The molecule has 1 atom stereocenters. The van der Waals surface area contributed by atoms with Crippen LogP contribution in [0.4, 0.5) is 0 Å². The molecular formula is C36H34N6O2. The van der Waals surface area contributed by atoms with Crippen molar-refractivity contribution in [2.45, 2.75) is 38.9 Å². The van der Waals surface area contributed by atoms with E-state index in [2.05, 4.69) is 27.2 Å². The molecule has 3 aromatic carbocycles. The number of nitrogens with zero attached hydrogens (tertiary/aromatic N) is 6. The van der Waals surface area contributed by atoms with Crippen molar-refractivity contribution in [3.8, 4) is 5.69 Å². The molecule has 0 aliphatic carbocycles. The third-order valence-corrected chi connectivity index (χ3v) is 7.96. The average Bonchev–Trinajstić information content (AvgIpc) is 3.61. The Morgan fingerprint density at radius 2 is 1.68 bits per heavy atom. The Hall–Kier alpha value is -5.37. The van der Waals surface area contributed by atoms with Crippen LogP contribution in [0.2, 0.25) is 0 Å². The topological polar surface area (TPSA) is 84.2 Å². The number of hydrogen-bond acceptors (Lipinski definition) is 5. The fourth-order valence-corrected chi connectivity index (χ4v) is 5.53. The first-order chi connectivity index (χ1) is 21.5. The summed E-state index contributed by atoms with van der Waals surface area (Å²) in [6.07, 6.45) is 9.33. The lowest BCUT2D eigenvalue weighted by Gasteiger charge is -2.37. The molecule has 1 aliphatic rings. The first kappa shape index (κ1) is 28.7. The van der Waals surface area contributed by atoms with E-state index in [-0.39, 0.29) is 18.4 Å². The van der Waals surface area contributed by atoms with Crippen molar-refractivity contribution < 1.29 is 9.59 Å². The summed E-state index contributed by atoms with van der Waals surface area (Å²) >= 11 is 0. The molecule has 0 saturated carbocycles. The molecule has 1 unspecified atom stereocenters. The van der Waals surface area contributed by atoms with Gasteiger partial charge in [-0.1, -0.05) is 72.8 Å². The number of rotatable bonds is 9. The van der Waals surface area contributed by atoms with Gasteiger partial charge in [-0.3, -0.25) is 14.6 Å². The van der Waals surface area contributed by atoms with E-state index < -0.39 is 6.04 Å². The third kappa shape index (κ3) is 6.81. The predicted octanol–water partition coefficient (Wildman–Crippen LogP) is 5.21. The van der Waals surface area contributed by atoms with E-state index in [0.717, 1.165) is 34.4 Å². The molecule has 0 fully saturated rings. The monoisotopic (exact) mass is 582 g/mol. The van der Waals surface area contributed by atoms with E-state index in [1.165, 1.54) is 18.0 Å². The number of carbonyl (C=O) groups is 2. The Kier molecular flexibility index (Phi) is 8.68. The van der Waals surface area contributed by atoms with Gasteiger partial charge in [0.05, 0.1) is 11.4 Å². The van der Waals surface area contributed by atoms with E-state index in [1.54, 1.807) is 28.2 Å². The molecule has 2 amide bonds. The number of hydrogen-bond donors (Lipinski definition) is 0. The second kappa shape index (κ2) is 13.3. The van der Waals surface area contributed by atoms with E-state index >= 15 is 0 Å². The molecule has 3 heterocycles. The van der Waals surface area contributed by atoms with Gasteiger partial charge in [0, 0.05) is 38.3 Å². The number of aromatic nitrogens is 4. The van der Waals surface area contributed by atoms with E-state index in [9.17, 15) is 9.59 Å². The van der Waals surface area contributed by atoms with Crippen LogP contribution in [0.15, 0.2) is 116 Å². The van der Waals surface area contributed by atoms with E-state index in [0.29, 0.717) is 25.2 Å². The predicted molar refractivity (Wildman–Crippen MR) is 169 cm³/mol. The quantitative estimate of drug-likeness (QED) is 0.223. The van der Waals surface area contributed by atoms with Crippen molar-refractivity contribution in [1.82, 2.24) is 29.5 Å². The van der Waals surface area contributed by atoms with Crippen molar-refractivity contribution in [2.24, 2.45) is 0 Å². The Balaban J connectivity index is 1.34. The highest BCUT2D eigenvalue weighted by molar-refractivity contribution is 5.95. The fraction of sp³-hybridized carbons (Fsp3) is 0.194. The van der Waals surface area contributed by atoms with Crippen LogP contribution in [-0.4, -0.2) is 53.9 Å². The summed E-state index contributed by atoms with van der Waals surface area (Å²) in [6.45, 7) is 3.37. The van der Waals surface area contributed by atoms with Gasteiger partial charge in [0.15, 0.2) is 0 Å². The number of amides is 2. The van der Waals surface area contributed by atoms with Gasteiger partial charge in [-0.05, 0) is 65.4 Å². The van der Waals surface area contributed by atoms with E-state index in [4.69, 9.17) is 0 Å². The van der Waals surface area contributed by atoms with Crippen molar-refractivity contribution in [3.05, 3.63) is 149 Å². The van der Waals surface area contributed by atoms with Gasteiger partial charge in [-0.15, -0.1) is 0 Å². The minimum Gasteiger partial charge on any atom is -0.336 e. The molecule has 2 aromatic heterocycles. The minimum absolute atomic E-state index is 0.0576. The van der Waals surface area contributed by atoms with Crippen LogP contribution in [0.3, 0.4) is 0 Å². The number of carbonyl (C=O) groups excluding carboxylic acids is 2. The number of benzene rings is 3. The van der Waals surface area contributed by atoms with Crippen LogP contribution in [-0.2, 0) is 35.5 Å². The smallest absolute Gasteiger partial charge is 0.247 e. The summed E-state index contributed by atoms with van der Waals surface area (Å²) < 4.78 is 1.68. The van der Waals surface area contributed by atoms with Crippen molar-refractivity contribution >= 4 is 17.9 Å². The minimum atomic E-state index is -0.708. The van der Waals surface area contributed by atoms with Crippen LogP contribution < -0.4 is 0 Å². The zero-order chi connectivity index (χ0) is 30.3. The lowest BCUT2D eigenvalue weighted by molar-refractivity contribution is -0.144. The second-order valence-corrected chi connectivity index (χ2v) is 11.1. The summed E-state index contributed by atoms with van der Waals surface area (Å²) in [5, 5.41) is 4.21. The molecule has 0 N–H and O–H groups in total. The highest BCUT2D eigenvalue weighted by Gasteiger charge is 2.34. The summed E-state index contributed by atoms with van der Waals surface area (Å²) in [4.78, 5) is 40.6. The summed E-state index contributed by atoms with van der Waals surface area (Å²) in [5.41, 5.74) is 6.90. The molecule has 1 aliphatic heterocycles. The molecular weight excluding hydrogens is 548 g/mol. The molecule has 6 rings (SSSR count). The van der Waals surface area contributed by atoms with Crippen LogP contribution in [0.1, 0.15) is 33.5 Å². The number of fused-ring (bicyclic) bond motifs is 1. The lowest BCUT2D eigenvalue weighted by Crippen LogP contribution is -2.52. The van der Waals surface area contributed by atoms with E-state index in [1.807, 2.05) is 90.7 Å². The first-order valence-electron chi connectivity index (χ1n) is 14.8. The second-order valence-electron chi connectivity index (χ2n) is 11.1. The van der Waals surface area contributed by atoms with Crippen molar-refractivity contribution in [2.75, 3.05) is 6.54 Å². The fourth-order valence-electron chi connectivity index (χ4n) is 5.53. The van der Waals surface area contributed by atoms with Crippen LogP contribution in [0.5, 0.6) is 0 Å². The Bertz CT molecular complexity index is 1730. The average molecular weight is 583 g/mol. The molecule has 8 nitrogen and oxygen atoms in total. The summed E-state index contributed by atoms with van der Waals surface area (Å²) in [6, 6.07) is 29.1. The maximum atomic E-state index is 14.4. The lowest BCUT2D eigenvalue weighted by atomic mass is 9.97. The molecule has 44 heavy (non-hydrogen) atoms. The normalized spacial score (nSPS) is 13.4. The third-order valence-electron chi connectivity index (χ3n) is 7.96. The molecule has 0 bridgehead atoms. The van der Waals surface area contributed by atoms with Gasteiger partial charge in [0.2, 0.25) is 11.8 Å². The van der Waals surface area contributed by atoms with Crippen molar-refractivity contribution in [1.29, 1.82) is 0 Å². The maximum absolute atomic E-state index is 14.4. The number of pyridine rings is 1. The SMILES string of the molecule is Cc1ccc(C=CC(=O)N(Cc2ccc(-n3cncn3)cc2)C(Cc2ccccc2)C(=O)N2CCc3ccccc3C2)nc1. The highest BCUT2D eigenvalue weighted by Crippen LogP contribution is 2.23. The highest BCUT2D eigenvalue weighted by atomic mass is 16.2. The summed E-state index contributed by atoms with van der Waals surface area (Å²) in [5.74, 6) is -0.308. The molecule has 5 aromatic rings. The van der Waals surface area contributed by atoms with Gasteiger partial charge < -0.3 is 9.80 Å².